The largest absolute Gasteiger partial charge is 1.00 e. The summed E-state index contributed by atoms with van der Waals surface area (Å²) >= 11 is 0. The van der Waals surface area contributed by atoms with Crippen LogP contribution in [0, 0.1) is 0 Å². The van der Waals surface area contributed by atoms with Crippen molar-refractivity contribution in [3.05, 3.63) is 64.8 Å². The van der Waals surface area contributed by atoms with E-state index in [4.69, 9.17) is 9.47 Å². The minimum Gasteiger partial charge on any atom is -0.545 e. The van der Waals surface area contributed by atoms with E-state index in [0.717, 1.165) is 53.3 Å². The molecule has 6 nitrogen and oxygen atoms in total. The minimum absolute atomic E-state index is 0. The molecule has 0 amide bonds. The molecule has 0 radical (unpaired) electrons. The van der Waals surface area contributed by atoms with Crippen molar-refractivity contribution in [2.24, 2.45) is 7.05 Å². The molecule has 0 unspecified atom stereocenters. The Hall–Kier alpha value is -2.28. The summed E-state index contributed by atoms with van der Waals surface area (Å²) in [5.74, 6) is -0.901. The number of hydrogen-bond donors (Lipinski definition) is 0. The second kappa shape index (κ2) is 10.6. The fourth-order valence-corrected chi connectivity index (χ4v) is 4.39. The molecule has 1 aliphatic rings. The Labute approximate surface area is 209 Å². The normalized spacial score (nSPS) is 13.7. The number of hydrogen-bond acceptors (Lipinski definition) is 5. The van der Waals surface area contributed by atoms with Crippen LogP contribution < -0.4 is 39.4 Å². The summed E-state index contributed by atoms with van der Waals surface area (Å²) in [4.78, 5) is 23.5. The maximum Gasteiger partial charge on any atom is 1.00 e. The Bertz CT molecular complexity index is 1130. The average molecular weight is 443 g/mol. The minimum atomic E-state index is -1.23. The van der Waals surface area contributed by atoms with Crippen molar-refractivity contribution in [1.29, 1.82) is 0 Å². The summed E-state index contributed by atoms with van der Waals surface area (Å²) < 4.78 is 13.1. The number of ether oxygens (including phenoxy) is 2. The van der Waals surface area contributed by atoms with E-state index >= 15 is 0 Å². The fourth-order valence-electron chi connectivity index (χ4n) is 4.39. The molecular formula is C25H26NNaO5. The second-order valence-corrected chi connectivity index (χ2v) is 8.18. The number of esters is 1. The number of benzene rings is 2. The topological polar surface area (TPSA) is 80.6 Å². The van der Waals surface area contributed by atoms with Gasteiger partial charge in [0, 0.05) is 36.1 Å². The maximum absolute atomic E-state index is 12.4. The predicted molar refractivity (Wildman–Crippen MR) is 115 cm³/mol. The number of carboxylic acid groups (broad SMARTS) is 1. The Morgan fingerprint density at radius 3 is 2.53 bits per heavy atom. The van der Waals surface area contributed by atoms with E-state index in [1.165, 1.54) is 19.2 Å². The van der Waals surface area contributed by atoms with Crippen molar-refractivity contribution in [3.63, 3.8) is 0 Å². The van der Waals surface area contributed by atoms with E-state index in [2.05, 4.69) is 6.20 Å². The van der Waals surface area contributed by atoms with Crippen molar-refractivity contribution in [2.75, 3.05) is 7.11 Å². The van der Waals surface area contributed by atoms with Crippen molar-refractivity contribution < 1.29 is 53.7 Å². The van der Waals surface area contributed by atoms with Crippen molar-refractivity contribution in [1.82, 2.24) is 4.57 Å². The van der Waals surface area contributed by atoms with E-state index in [9.17, 15) is 14.7 Å². The quantitative estimate of drug-likeness (QED) is 0.384. The van der Waals surface area contributed by atoms with E-state index < -0.39 is 5.97 Å². The molecule has 3 aromatic rings. The SMILES string of the molecule is COc1cc(C(=O)[O-])ccc1Cc1cn(C)c2ccc(CC(=O)OC3CCCC3)cc12.[Na+]. The molecule has 0 bridgehead atoms. The van der Waals surface area contributed by atoms with Crippen molar-refractivity contribution in [2.45, 2.75) is 44.6 Å². The molecule has 1 heterocycles. The standard InChI is InChI=1S/C25H27NO5.Na/c1-26-15-19(13-17-8-9-18(25(28)29)14-23(17)30-2)21-11-16(7-10-22(21)26)12-24(27)31-20-5-3-4-6-20;/h7-11,14-15,20H,3-6,12-13H2,1-2H3,(H,28,29);/q;+1/p-1. The van der Waals surface area contributed by atoms with Crippen LogP contribution in [-0.4, -0.2) is 29.7 Å². The Kier molecular flexibility index (Phi) is 8.04. The van der Waals surface area contributed by atoms with Gasteiger partial charge in [0.25, 0.3) is 0 Å². The molecule has 1 saturated carbocycles. The van der Waals surface area contributed by atoms with Crippen LogP contribution in [0.5, 0.6) is 5.75 Å². The molecule has 2 aromatic carbocycles. The molecule has 0 saturated heterocycles. The molecule has 32 heavy (non-hydrogen) atoms. The number of aromatic nitrogens is 1. The van der Waals surface area contributed by atoms with Crippen LogP contribution in [-0.2, 0) is 29.4 Å². The van der Waals surface area contributed by atoms with Gasteiger partial charge in [-0.2, -0.15) is 0 Å². The van der Waals surface area contributed by atoms with Gasteiger partial charge in [-0.3, -0.25) is 4.79 Å². The van der Waals surface area contributed by atoms with Gasteiger partial charge in [0.2, 0.25) is 0 Å². The van der Waals surface area contributed by atoms with Gasteiger partial charge in [0.15, 0.2) is 0 Å². The second-order valence-electron chi connectivity index (χ2n) is 8.18. The zero-order valence-corrected chi connectivity index (χ0v) is 20.8. The number of carbonyl (C=O) groups is 2. The van der Waals surface area contributed by atoms with Crippen LogP contribution in [0.15, 0.2) is 42.6 Å². The maximum atomic E-state index is 12.4. The van der Waals surface area contributed by atoms with E-state index in [1.54, 1.807) is 6.07 Å². The van der Waals surface area contributed by atoms with Crippen LogP contribution in [0.4, 0.5) is 0 Å². The Morgan fingerprint density at radius 2 is 1.84 bits per heavy atom. The van der Waals surface area contributed by atoms with Crippen molar-refractivity contribution in [3.8, 4) is 5.75 Å². The first-order chi connectivity index (χ1) is 14.9. The summed E-state index contributed by atoms with van der Waals surface area (Å²) in [6.45, 7) is 0. The van der Waals surface area contributed by atoms with Gasteiger partial charge >= 0.3 is 35.5 Å². The van der Waals surface area contributed by atoms with Gasteiger partial charge < -0.3 is 23.9 Å². The van der Waals surface area contributed by atoms with Crippen LogP contribution in [0.1, 0.15) is 52.7 Å². The van der Waals surface area contributed by atoms with Crippen molar-refractivity contribution >= 4 is 22.8 Å². The fraction of sp³-hybridized carbons (Fsp3) is 0.360. The van der Waals surface area contributed by atoms with Crippen LogP contribution >= 0.6 is 0 Å². The van der Waals surface area contributed by atoms with E-state index in [0.29, 0.717) is 12.2 Å². The molecular weight excluding hydrogens is 417 g/mol. The Balaban J connectivity index is 0.00000289. The first-order valence-corrected chi connectivity index (χ1v) is 10.6. The van der Waals surface area contributed by atoms with Gasteiger partial charge in [-0.1, -0.05) is 18.2 Å². The number of methoxy groups -OCH3 is 1. The van der Waals surface area contributed by atoms with Crippen LogP contribution in [0.3, 0.4) is 0 Å². The number of aromatic carboxylic acids is 1. The summed E-state index contributed by atoms with van der Waals surface area (Å²) in [5.41, 5.74) is 4.02. The van der Waals surface area contributed by atoms with Gasteiger partial charge in [-0.15, -0.1) is 0 Å². The third kappa shape index (κ3) is 5.37. The summed E-state index contributed by atoms with van der Waals surface area (Å²) in [5, 5.41) is 12.2. The van der Waals surface area contributed by atoms with E-state index in [1.807, 2.05) is 29.8 Å². The molecule has 162 valence electrons. The molecule has 0 aliphatic heterocycles. The molecule has 1 aromatic heterocycles. The zero-order chi connectivity index (χ0) is 22.0. The molecule has 0 N–H and O–H groups in total. The first-order valence-electron chi connectivity index (χ1n) is 10.6. The summed E-state index contributed by atoms with van der Waals surface area (Å²) in [6, 6.07) is 10.8. The number of nitrogens with zero attached hydrogens (tertiary/aromatic N) is 1. The third-order valence-corrected chi connectivity index (χ3v) is 5.99. The molecule has 1 aliphatic carbocycles. The number of rotatable bonds is 7. The van der Waals surface area contributed by atoms with Gasteiger partial charge in [0.1, 0.15) is 11.9 Å². The van der Waals surface area contributed by atoms with E-state index in [-0.39, 0.29) is 53.6 Å². The monoisotopic (exact) mass is 443 g/mol. The zero-order valence-electron chi connectivity index (χ0n) is 18.8. The van der Waals surface area contributed by atoms with Crippen LogP contribution in [0.2, 0.25) is 0 Å². The number of carboxylic acids is 1. The molecule has 4 rings (SSSR count). The predicted octanol–water partition coefficient (Wildman–Crippen LogP) is 0.174. The first kappa shape index (κ1) is 24.4. The van der Waals surface area contributed by atoms with Gasteiger partial charge in [0.05, 0.1) is 19.5 Å². The number of carbonyl (C=O) groups excluding carboxylic acids is 2. The van der Waals surface area contributed by atoms with Crippen LogP contribution in [0.25, 0.3) is 10.9 Å². The summed E-state index contributed by atoms with van der Waals surface area (Å²) in [6.07, 6.45) is 7.14. The smallest absolute Gasteiger partial charge is 0.545 e. The van der Waals surface area contributed by atoms with Gasteiger partial charge in [-0.25, -0.2) is 0 Å². The molecule has 0 atom stereocenters. The third-order valence-electron chi connectivity index (χ3n) is 5.99. The van der Waals surface area contributed by atoms with Gasteiger partial charge in [-0.05, 0) is 60.6 Å². The summed E-state index contributed by atoms with van der Waals surface area (Å²) in [7, 11) is 3.51. The Morgan fingerprint density at radius 1 is 1.09 bits per heavy atom. The molecule has 0 spiro atoms. The molecule has 7 heteroatoms. The average Bonchev–Trinajstić information content (AvgIpc) is 3.36. The molecule has 1 fully saturated rings. The number of aryl methyl sites for hydroxylation is 1. The number of fused-ring (bicyclic) bond motifs is 1.